The molecule has 0 spiro atoms. The normalized spacial score (nSPS) is 12.9. The second-order valence-electron chi connectivity index (χ2n) is 26.0. The van der Waals surface area contributed by atoms with Gasteiger partial charge in [-0.3, -0.25) is 19.2 Å². The monoisotopic (exact) mass is 1410 g/mol. The van der Waals surface area contributed by atoms with Gasteiger partial charge in [0.15, 0.2) is 23.4 Å². The molecular formula is C75H123Cl2N9O8S2. The Morgan fingerprint density at radius 3 is 1.03 bits per heavy atom. The lowest BCUT2D eigenvalue weighted by molar-refractivity contribution is -0.128. The molecule has 3 aromatic carbocycles. The molecule has 3 aromatic rings. The lowest BCUT2D eigenvalue weighted by Gasteiger charge is -2.26. The molecule has 0 aliphatic carbocycles. The van der Waals surface area contributed by atoms with E-state index >= 15 is 0 Å². The zero-order chi connectivity index (χ0) is 70.4. The number of unbranched alkanes of at least 4 members (excludes halogenated alkanes) is 30. The fourth-order valence-electron chi connectivity index (χ4n) is 11.9. The molecule has 0 heterocycles. The first kappa shape index (κ1) is 85.9. The molecule has 3 rings (SSSR count). The zero-order valence-corrected chi connectivity index (χ0v) is 63.4. The summed E-state index contributed by atoms with van der Waals surface area (Å²) >= 11 is 13.3. The predicted molar refractivity (Wildman–Crippen MR) is 397 cm³/mol. The Morgan fingerprint density at radius 2 is 0.719 bits per heavy atom. The van der Waals surface area contributed by atoms with E-state index in [0.29, 0.717) is 39.3 Å². The van der Waals surface area contributed by atoms with Gasteiger partial charge in [0.25, 0.3) is 5.91 Å². The minimum absolute atomic E-state index is 0.0181. The third-order valence-electron chi connectivity index (χ3n) is 18.3. The summed E-state index contributed by atoms with van der Waals surface area (Å²) in [6.07, 6.45) is 39.3. The Bertz CT molecular complexity index is 2750. The lowest BCUT2D eigenvalue weighted by Crippen LogP contribution is -2.39. The van der Waals surface area contributed by atoms with Crippen LogP contribution in [0.15, 0.2) is 90.9 Å². The number of rotatable bonds is 59. The third kappa shape index (κ3) is 34.1. The summed E-state index contributed by atoms with van der Waals surface area (Å²) in [5, 5.41) is 19.0. The molecular weight excluding hydrogens is 1290 g/mol. The number of carbonyl (C=O) groups excluding carboxylic acids is 4. The maximum atomic E-state index is 14.1. The molecule has 21 heteroatoms. The van der Waals surface area contributed by atoms with Crippen LogP contribution in [0.2, 0.25) is 10.0 Å². The number of ketones is 3. The van der Waals surface area contributed by atoms with Gasteiger partial charge >= 0.3 is 0 Å². The fourth-order valence-corrected chi connectivity index (χ4v) is 15.3. The fraction of sp³-hybridized carbons (Fsp3) is 0.707. The van der Waals surface area contributed by atoms with E-state index in [1.54, 1.807) is 8.61 Å². The van der Waals surface area contributed by atoms with Gasteiger partial charge in [0.1, 0.15) is 0 Å². The van der Waals surface area contributed by atoms with Crippen molar-refractivity contribution < 1.29 is 36.0 Å². The second kappa shape index (κ2) is 50.9. The van der Waals surface area contributed by atoms with Crippen molar-refractivity contribution in [3.8, 4) is 0 Å². The van der Waals surface area contributed by atoms with Crippen LogP contribution in [0, 0.1) is 0 Å². The van der Waals surface area contributed by atoms with E-state index in [9.17, 15) is 36.0 Å². The van der Waals surface area contributed by atoms with Gasteiger partial charge in [0.05, 0.1) is 31.9 Å². The summed E-state index contributed by atoms with van der Waals surface area (Å²) in [7, 11) is -7.73. The molecule has 0 saturated heterocycles. The van der Waals surface area contributed by atoms with Crippen LogP contribution in [-0.2, 0) is 45.6 Å². The highest BCUT2D eigenvalue weighted by molar-refractivity contribution is 7.89. The first-order chi connectivity index (χ1) is 46.3. The number of halogens is 2. The van der Waals surface area contributed by atoms with Crippen molar-refractivity contribution in [2.75, 3.05) is 70.8 Å². The van der Waals surface area contributed by atoms with Gasteiger partial charge in [-0.05, 0) is 119 Å². The Labute approximate surface area is 591 Å². The minimum Gasteiger partial charge on any atom is -0.322 e. The van der Waals surface area contributed by atoms with Gasteiger partial charge in [0, 0.05) is 50.7 Å². The molecule has 0 bridgehead atoms. The number of hydrogen-bond donors (Lipinski definition) is 1. The molecule has 2 unspecified atom stereocenters. The molecule has 0 radical (unpaired) electrons. The molecule has 2 atom stereocenters. The molecule has 0 aromatic heterocycles. The number of hydrogen-bond acceptors (Lipinski definition) is 14. The quantitative estimate of drug-likeness (QED) is 0.0321. The van der Waals surface area contributed by atoms with E-state index in [1.807, 2.05) is 0 Å². The average molecular weight is 1410 g/mol. The SMILES string of the molecule is CCCCCCCCCCCCCCCCCCN(CCN(CC)CC)S(=O)(=O)c1ccc(N=NC(C(C)=O)C(=O)Cc2cc(Cl)c(NC(=O)C(N=Nc3ccc(S(=O)(=O)N(CCCCCCCCCCCCCCCCCC)CCN(CC)CC)cc3)C(C)=O)cc2Cl)cc1. The van der Waals surface area contributed by atoms with Crippen molar-refractivity contribution in [3.63, 3.8) is 0 Å². The van der Waals surface area contributed by atoms with Crippen LogP contribution in [0.3, 0.4) is 0 Å². The first-order valence-corrected chi connectivity index (χ1v) is 40.7. The highest BCUT2D eigenvalue weighted by Gasteiger charge is 2.29. The molecule has 1 N–H and O–H groups in total. The minimum atomic E-state index is -3.87. The number of nitrogens with one attached hydrogen (secondary N) is 1. The summed E-state index contributed by atoms with van der Waals surface area (Å²) < 4.78 is 59.7. The highest BCUT2D eigenvalue weighted by atomic mass is 35.5. The number of sulfonamides is 2. The van der Waals surface area contributed by atoms with Crippen LogP contribution in [0.25, 0.3) is 0 Å². The van der Waals surface area contributed by atoms with Gasteiger partial charge in [-0.25, -0.2) is 16.8 Å². The Balaban J connectivity index is 1.58. The smallest absolute Gasteiger partial charge is 0.258 e. The van der Waals surface area contributed by atoms with E-state index in [1.165, 1.54) is 229 Å². The van der Waals surface area contributed by atoms with Crippen molar-refractivity contribution in [2.24, 2.45) is 20.5 Å². The summed E-state index contributed by atoms with van der Waals surface area (Å²) in [5.74, 6) is -2.72. The molecule has 96 heavy (non-hydrogen) atoms. The molecule has 542 valence electrons. The maximum absolute atomic E-state index is 14.1. The van der Waals surface area contributed by atoms with Crippen molar-refractivity contribution in [1.29, 1.82) is 0 Å². The van der Waals surface area contributed by atoms with Crippen molar-refractivity contribution >= 4 is 83.6 Å². The summed E-state index contributed by atoms with van der Waals surface area (Å²) in [6, 6.07) is 11.3. The first-order valence-electron chi connectivity index (χ1n) is 37.1. The number of azo groups is 2. The van der Waals surface area contributed by atoms with Crippen LogP contribution in [0.1, 0.15) is 266 Å². The molecule has 17 nitrogen and oxygen atoms in total. The highest BCUT2D eigenvalue weighted by Crippen LogP contribution is 2.32. The average Bonchev–Trinajstić information content (AvgIpc) is 1.04. The van der Waals surface area contributed by atoms with E-state index < -0.39 is 55.4 Å². The topological polar surface area (TPSA) is 211 Å². The van der Waals surface area contributed by atoms with Crippen molar-refractivity contribution in [2.45, 2.75) is 289 Å². The van der Waals surface area contributed by atoms with Gasteiger partial charge < -0.3 is 15.1 Å². The zero-order valence-electron chi connectivity index (χ0n) is 60.2. The number of anilines is 1. The van der Waals surface area contributed by atoms with Gasteiger partial charge in [0.2, 0.25) is 26.1 Å². The van der Waals surface area contributed by atoms with E-state index in [-0.39, 0.29) is 48.9 Å². The van der Waals surface area contributed by atoms with Crippen LogP contribution < -0.4 is 5.32 Å². The third-order valence-corrected chi connectivity index (χ3v) is 22.7. The molecule has 0 aliphatic rings. The summed E-state index contributed by atoms with van der Waals surface area (Å²) in [4.78, 5) is 57.6. The summed E-state index contributed by atoms with van der Waals surface area (Å²) in [5.41, 5.74) is 0.714. The predicted octanol–water partition coefficient (Wildman–Crippen LogP) is 19.7. The van der Waals surface area contributed by atoms with Crippen LogP contribution >= 0.6 is 23.2 Å². The van der Waals surface area contributed by atoms with Crippen LogP contribution in [-0.4, -0.2) is 136 Å². The maximum Gasteiger partial charge on any atom is 0.258 e. The Kier molecular flexibility index (Phi) is 45.5. The number of Topliss-reactive ketones (excluding diaryl/α,β-unsaturated/α-hetero) is 3. The molecule has 1 amide bonds. The number of amides is 1. The van der Waals surface area contributed by atoms with E-state index in [2.05, 4.69) is 77.1 Å². The van der Waals surface area contributed by atoms with E-state index in [4.69, 9.17) is 23.2 Å². The largest absolute Gasteiger partial charge is 0.322 e. The lowest BCUT2D eigenvalue weighted by atomic mass is 10.0. The Morgan fingerprint density at radius 1 is 0.406 bits per heavy atom. The van der Waals surface area contributed by atoms with Crippen molar-refractivity contribution in [1.82, 2.24) is 18.4 Å². The molecule has 0 saturated carbocycles. The van der Waals surface area contributed by atoms with Crippen molar-refractivity contribution in [3.05, 3.63) is 76.3 Å². The van der Waals surface area contributed by atoms with Gasteiger partial charge in [-0.1, -0.05) is 257 Å². The van der Waals surface area contributed by atoms with Crippen LogP contribution in [0.4, 0.5) is 17.1 Å². The molecule has 0 fully saturated rings. The molecule has 0 aliphatic heterocycles. The number of likely N-dealkylation sites (N-methyl/N-ethyl adjacent to an activating group) is 2. The van der Waals surface area contributed by atoms with Gasteiger partial charge in [-0.2, -0.15) is 29.1 Å². The number of benzene rings is 3. The number of nitrogens with zero attached hydrogens (tertiary/aromatic N) is 8. The summed E-state index contributed by atoms with van der Waals surface area (Å²) in [6.45, 7) is 21.2. The Hall–Kier alpha value is -4.34. The standard InChI is InChI=1S/C75H123Cl2N9O8S2/c1-9-15-17-19-21-23-25-27-29-31-33-35-37-39-41-43-53-85(57-55-83(11-3)12-4)95(91,92)67-49-45-65(46-50-67)79-81-73(62(7)87)72(89)60-64-59-70(77)71(61-69(64)76)78-75(90)74(63(8)88)82-80-66-47-51-68(52-48-66)96(93,94)86(58-56-84(13-5)14-6)54-44-42-40-38-36-34-32-30-28-26-24-22-20-18-16-10-2/h45-52,59,61,73-74H,9-44,53-58,60H2,1-8H3,(H,78,90). The van der Waals surface area contributed by atoms with E-state index in [0.717, 1.165) is 77.5 Å². The number of carbonyl (C=O) groups is 4. The van der Waals surface area contributed by atoms with Gasteiger partial charge in [-0.15, -0.1) is 0 Å². The second-order valence-corrected chi connectivity index (χ2v) is 30.7. The van der Waals surface area contributed by atoms with Crippen LogP contribution in [0.5, 0.6) is 0 Å².